The lowest BCUT2D eigenvalue weighted by atomic mass is 10.2. The SMILES string of the molecule is NN(C(=O)c1cccn1-c1ccncc1)c1ncc(C(F)(F)F)cc1Cl. The Morgan fingerprint density at radius 2 is 1.92 bits per heavy atom. The molecule has 0 aliphatic rings. The largest absolute Gasteiger partial charge is 0.417 e. The summed E-state index contributed by atoms with van der Waals surface area (Å²) in [7, 11) is 0. The summed E-state index contributed by atoms with van der Waals surface area (Å²) in [5.41, 5.74) is -0.197. The maximum atomic E-state index is 12.7. The van der Waals surface area contributed by atoms with E-state index in [-0.39, 0.29) is 11.5 Å². The molecule has 0 atom stereocenters. The molecule has 0 saturated heterocycles. The minimum Gasteiger partial charge on any atom is -0.312 e. The van der Waals surface area contributed by atoms with Crippen LogP contribution in [0.5, 0.6) is 0 Å². The van der Waals surface area contributed by atoms with Gasteiger partial charge in [-0.25, -0.2) is 15.8 Å². The summed E-state index contributed by atoms with van der Waals surface area (Å²) in [6.07, 6.45) is 0.708. The van der Waals surface area contributed by atoms with Gasteiger partial charge >= 0.3 is 6.18 Å². The number of amides is 1. The van der Waals surface area contributed by atoms with Crippen molar-refractivity contribution in [3.05, 3.63) is 71.4 Å². The molecule has 3 aromatic rings. The van der Waals surface area contributed by atoms with Gasteiger partial charge in [0.25, 0.3) is 5.91 Å². The van der Waals surface area contributed by atoms with E-state index in [1.54, 1.807) is 41.4 Å². The topological polar surface area (TPSA) is 77.0 Å². The van der Waals surface area contributed by atoms with Crippen molar-refractivity contribution >= 4 is 23.3 Å². The smallest absolute Gasteiger partial charge is 0.312 e. The van der Waals surface area contributed by atoms with Crippen LogP contribution in [0.4, 0.5) is 19.0 Å². The molecular formula is C16H11ClF3N5O. The normalized spacial score (nSPS) is 11.4. The Bertz CT molecular complexity index is 943. The number of carbonyl (C=O) groups is 1. The molecule has 134 valence electrons. The van der Waals surface area contributed by atoms with Crippen LogP contribution in [-0.2, 0) is 6.18 Å². The first-order chi connectivity index (χ1) is 12.3. The number of halogens is 4. The Labute approximate surface area is 150 Å². The molecule has 0 aliphatic carbocycles. The Hall–Kier alpha value is -2.91. The third-order valence-electron chi connectivity index (χ3n) is 3.50. The molecule has 0 spiro atoms. The van der Waals surface area contributed by atoms with E-state index in [1.807, 2.05) is 0 Å². The zero-order chi connectivity index (χ0) is 18.9. The van der Waals surface area contributed by atoms with E-state index in [4.69, 9.17) is 17.4 Å². The molecule has 1 amide bonds. The van der Waals surface area contributed by atoms with Gasteiger partial charge in [0.1, 0.15) is 5.69 Å². The molecule has 2 N–H and O–H groups in total. The van der Waals surface area contributed by atoms with Gasteiger partial charge in [-0.15, -0.1) is 0 Å². The van der Waals surface area contributed by atoms with E-state index in [9.17, 15) is 18.0 Å². The molecule has 3 heterocycles. The van der Waals surface area contributed by atoms with E-state index < -0.39 is 22.7 Å². The van der Waals surface area contributed by atoms with Gasteiger partial charge in [0.05, 0.1) is 10.6 Å². The highest BCUT2D eigenvalue weighted by Crippen LogP contribution is 2.33. The lowest BCUT2D eigenvalue weighted by Crippen LogP contribution is -2.39. The van der Waals surface area contributed by atoms with Gasteiger partial charge in [0.15, 0.2) is 5.82 Å². The molecule has 6 nitrogen and oxygen atoms in total. The van der Waals surface area contributed by atoms with Gasteiger partial charge in [-0.05, 0) is 30.3 Å². The summed E-state index contributed by atoms with van der Waals surface area (Å²) in [6, 6.07) is 7.17. The number of carbonyl (C=O) groups excluding carboxylic acids is 1. The summed E-state index contributed by atoms with van der Waals surface area (Å²) in [6.45, 7) is 0. The molecule has 0 aliphatic heterocycles. The number of hydrogen-bond acceptors (Lipinski definition) is 4. The second-order valence-electron chi connectivity index (χ2n) is 5.17. The lowest BCUT2D eigenvalue weighted by molar-refractivity contribution is -0.137. The van der Waals surface area contributed by atoms with E-state index >= 15 is 0 Å². The van der Waals surface area contributed by atoms with Crippen LogP contribution in [0.1, 0.15) is 16.1 Å². The van der Waals surface area contributed by atoms with Crippen molar-refractivity contribution in [3.8, 4) is 5.69 Å². The summed E-state index contributed by atoms with van der Waals surface area (Å²) in [5.74, 6) is 4.79. The second kappa shape index (κ2) is 6.77. The highest BCUT2D eigenvalue weighted by Gasteiger charge is 2.32. The van der Waals surface area contributed by atoms with Crippen LogP contribution in [0.25, 0.3) is 5.69 Å². The first-order valence-corrected chi connectivity index (χ1v) is 7.56. The monoisotopic (exact) mass is 381 g/mol. The van der Waals surface area contributed by atoms with Gasteiger partial charge in [-0.1, -0.05) is 11.6 Å². The maximum Gasteiger partial charge on any atom is 0.417 e. The minimum absolute atomic E-state index is 0.177. The molecule has 26 heavy (non-hydrogen) atoms. The molecule has 0 fully saturated rings. The van der Waals surface area contributed by atoms with Crippen molar-refractivity contribution < 1.29 is 18.0 Å². The van der Waals surface area contributed by atoms with E-state index in [0.717, 1.165) is 0 Å². The molecule has 0 bridgehead atoms. The number of nitrogens with zero attached hydrogens (tertiary/aromatic N) is 4. The van der Waals surface area contributed by atoms with Crippen molar-refractivity contribution in [1.29, 1.82) is 0 Å². The third-order valence-corrected chi connectivity index (χ3v) is 3.78. The predicted octanol–water partition coefficient (Wildman–Crippen LogP) is 3.46. The Balaban J connectivity index is 1.94. The Morgan fingerprint density at radius 1 is 1.23 bits per heavy atom. The lowest BCUT2D eigenvalue weighted by Gasteiger charge is -2.19. The first kappa shape index (κ1) is 17.9. The Kier molecular flexibility index (Phi) is 4.66. The molecule has 10 heteroatoms. The van der Waals surface area contributed by atoms with E-state index in [0.29, 0.717) is 23.0 Å². The summed E-state index contributed by atoms with van der Waals surface area (Å²) in [5, 5.41) is 0.216. The number of rotatable bonds is 3. The predicted molar refractivity (Wildman–Crippen MR) is 88.8 cm³/mol. The van der Waals surface area contributed by atoms with Crippen LogP contribution in [0, 0.1) is 0 Å². The van der Waals surface area contributed by atoms with Crippen LogP contribution in [0.2, 0.25) is 5.02 Å². The molecular weight excluding hydrogens is 371 g/mol. The molecule has 0 saturated carbocycles. The van der Waals surface area contributed by atoms with Gasteiger partial charge in [0.2, 0.25) is 0 Å². The van der Waals surface area contributed by atoms with Crippen molar-refractivity contribution in [2.45, 2.75) is 6.18 Å². The van der Waals surface area contributed by atoms with Crippen LogP contribution >= 0.6 is 11.6 Å². The quantitative estimate of drug-likeness (QED) is 0.428. The van der Waals surface area contributed by atoms with Crippen LogP contribution in [-0.4, -0.2) is 20.4 Å². The average Bonchev–Trinajstić information content (AvgIpc) is 3.10. The van der Waals surface area contributed by atoms with Gasteiger partial charge < -0.3 is 4.57 Å². The number of anilines is 1. The average molecular weight is 382 g/mol. The standard InChI is InChI=1S/C16H11ClF3N5O/c17-12-8-10(16(18,19)20)9-23-14(12)25(21)15(26)13-2-1-7-24(13)11-3-5-22-6-4-11/h1-9H,21H2. The summed E-state index contributed by atoms with van der Waals surface area (Å²) >= 11 is 5.84. The number of hydrogen-bond donors (Lipinski definition) is 1. The molecule has 0 aromatic carbocycles. The second-order valence-corrected chi connectivity index (χ2v) is 5.58. The number of alkyl halides is 3. The van der Waals surface area contributed by atoms with Gasteiger partial charge in [0, 0.05) is 30.5 Å². The fourth-order valence-electron chi connectivity index (χ4n) is 2.27. The van der Waals surface area contributed by atoms with E-state index in [1.165, 1.54) is 6.07 Å². The highest BCUT2D eigenvalue weighted by atomic mass is 35.5. The molecule has 0 unspecified atom stereocenters. The molecule has 3 rings (SSSR count). The number of nitrogens with two attached hydrogens (primary N) is 1. The number of aromatic nitrogens is 3. The van der Waals surface area contributed by atoms with Crippen molar-refractivity contribution in [1.82, 2.24) is 14.5 Å². The molecule has 3 aromatic heterocycles. The highest BCUT2D eigenvalue weighted by molar-refractivity contribution is 6.33. The summed E-state index contributed by atoms with van der Waals surface area (Å²) < 4.78 is 39.7. The third kappa shape index (κ3) is 3.39. The molecule has 0 radical (unpaired) electrons. The minimum atomic E-state index is -4.60. The van der Waals surface area contributed by atoms with Gasteiger partial charge in [-0.2, -0.15) is 13.2 Å². The van der Waals surface area contributed by atoms with Gasteiger partial charge in [-0.3, -0.25) is 9.78 Å². The zero-order valence-electron chi connectivity index (χ0n) is 13.0. The van der Waals surface area contributed by atoms with E-state index in [2.05, 4.69) is 9.97 Å². The van der Waals surface area contributed by atoms with Crippen LogP contribution in [0.3, 0.4) is 0 Å². The van der Waals surface area contributed by atoms with Crippen molar-refractivity contribution in [3.63, 3.8) is 0 Å². The summed E-state index contributed by atoms with van der Waals surface area (Å²) in [4.78, 5) is 20.2. The van der Waals surface area contributed by atoms with Crippen LogP contribution < -0.4 is 10.9 Å². The van der Waals surface area contributed by atoms with Crippen molar-refractivity contribution in [2.75, 3.05) is 5.01 Å². The fraction of sp³-hybridized carbons (Fsp3) is 0.0625. The van der Waals surface area contributed by atoms with Crippen LogP contribution in [0.15, 0.2) is 55.1 Å². The zero-order valence-corrected chi connectivity index (χ0v) is 13.7. The first-order valence-electron chi connectivity index (χ1n) is 7.18. The number of pyridine rings is 2. The van der Waals surface area contributed by atoms with Crippen molar-refractivity contribution in [2.24, 2.45) is 5.84 Å². The number of hydrazine groups is 1. The Morgan fingerprint density at radius 3 is 2.54 bits per heavy atom. The maximum absolute atomic E-state index is 12.7. The fourth-order valence-corrected chi connectivity index (χ4v) is 2.52.